The van der Waals surface area contributed by atoms with Crippen LogP contribution in [-0.4, -0.2) is 30.1 Å². The lowest BCUT2D eigenvalue weighted by atomic mass is 10.2. The lowest BCUT2D eigenvalue weighted by Crippen LogP contribution is -3.11. The largest absolute Gasteiger partial charge is 0.355 e. The number of carbonyl (C=O) groups excluding carboxylic acids is 2. The molecule has 2 heterocycles. The van der Waals surface area contributed by atoms with Gasteiger partial charge in [-0.1, -0.05) is 11.2 Å². The molecule has 28 heavy (non-hydrogen) atoms. The molecule has 1 atom stereocenters. The van der Waals surface area contributed by atoms with Gasteiger partial charge in [-0.05, 0) is 42.6 Å². The maximum Gasteiger partial charge on any atom is 0.279 e. The summed E-state index contributed by atoms with van der Waals surface area (Å²) in [6.45, 7) is 5.21. The molecule has 0 fully saturated rings. The summed E-state index contributed by atoms with van der Waals surface area (Å²) in [6.07, 6.45) is 0. The van der Waals surface area contributed by atoms with Gasteiger partial charge >= 0.3 is 0 Å². The van der Waals surface area contributed by atoms with Crippen molar-refractivity contribution in [1.29, 1.82) is 0 Å². The smallest absolute Gasteiger partial charge is 0.279 e. The first kappa shape index (κ1) is 19.8. The number of amides is 2. The number of rotatable bonds is 8. The second kappa shape index (κ2) is 9.29. The van der Waals surface area contributed by atoms with Crippen LogP contribution in [0.1, 0.15) is 19.5 Å². The monoisotopic (exact) mass is 399 g/mol. The number of aromatic nitrogens is 1. The van der Waals surface area contributed by atoms with Gasteiger partial charge in [0.25, 0.3) is 5.91 Å². The Morgan fingerprint density at radius 1 is 1.14 bits per heavy atom. The Balaban J connectivity index is 1.54. The van der Waals surface area contributed by atoms with Gasteiger partial charge in [0.05, 0.1) is 11.4 Å². The molecule has 0 aliphatic carbocycles. The molecule has 2 amide bonds. The van der Waals surface area contributed by atoms with Gasteiger partial charge in [-0.15, -0.1) is 11.3 Å². The van der Waals surface area contributed by atoms with E-state index < -0.39 is 0 Å². The van der Waals surface area contributed by atoms with E-state index in [1.54, 1.807) is 35.6 Å². The first-order valence-electron chi connectivity index (χ1n) is 9.04. The number of anilines is 2. The number of carbonyl (C=O) groups is 2. The Morgan fingerprint density at radius 3 is 2.46 bits per heavy atom. The fourth-order valence-electron chi connectivity index (χ4n) is 2.77. The summed E-state index contributed by atoms with van der Waals surface area (Å²) in [4.78, 5) is 25.6. The van der Waals surface area contributed by atoms with Crippen molar-refractivity contribution < 1.29 is 19.0 Å². The van der Waals surface area contributed by atoms with Gasteiger partial charge in [-0.2, -0.15) is 0 Å². The van der Waals surface area contributed by atoms with E-state index in [9.17, 15) is 9.59 Å². The average molecular weight is 399 g/mol. The van der Waals surface area contributed by atoms with Crippen LogP contribution in [0.3, 0.4) is 0 Å². The fraction of sp³-hybridized carbons (Fsp3) is 0.250. The van der Waals surface area contributed by atoms with Gasteiger partial charge in [0.15, 0.2) is 12.3 Å². The normalized spacial score (nSPS) is 11.8. The topological polar surface area (TPSA) is 88.7 Å². The molecule has 3 aromatic rings. The summed E-state index contributed by atoms with van der Waals surface area (Å²) in [5, 5.41) is 11.7. The van der Waals surface area contributed by atoms with Gasteiger partial charge in [0.1, 0.15) is 12.2 Å². The Bertz CT molecular complexity index is 919. The van der Waals surface area contributed by atoms with Gasteiger partial charge in [0, 0.05) is 24.4 Å². The highest BCUT2D eigenvalue weighted by Crippen LogP contribution is 2.24. The van der Waals surface area contributed by atoms with Gasteiger partial charge in [-0.25, -0.2) is 0 Å². The molecule has 7 nitrogen and oxygen atoms in total. The van der Waals surface area contributed by atoms with E-state index in [0.29, 0.717) is 24.5 Å². The maximum atomic E-state index is 12.4. The molecule has 0 saturated carbocycles. The molecule has 0 spiro atoms. The molecule has 1 unspecified atom stereocenters. The predicted octanol–water partition coefficient (Wildman–Crippen LogP) is 2.41. The number of quaternary nitrogens is 1. The van der Waals surface area contributed by atoms with Gasteiger partial charge in [-0.3, -0.25) is 9.59 Å². The van der Waals surface area contributed by atoms with E-state index in [-0.39, 0.29) is 11.8 Å². The first-order valence-corrected chi connectivity index (χ1v) is 9.92. The molecule has 0 aliphatic rings. The van der Waals surface area contributed by atoms with Crippen LogP contribution in [0.25, 0.3) is 10.6 Å². The van der Waals surface area contributed by atoms with Crippen molar-refractivity contribution in [2.24, 2.45) is 0 Å². The van der Waals surface area contributed by atoms with Crippen molar-refractivity contribution in [3.05, 3.63) is 53.5 Å². The van der Waals surface area contributed by atoms with E-state index in [4.69, 9.17) is 4.52 Å². The fourth-order valence-corrected chi connectivity index (χ4v) is 3.44. The predicted molar refractivity (Wildman–Crippen MR) is 109 cm³/mol. The minimum Gasteiger partial charge on any atom is -0.355 e. The third-order valence-corrected chi connectivity index (χ3v) is 5.04. The lowest BCUT2D eigenvalue weighted by molar-refractivity contribution is -0.904. The molecule has 0 radical (unpaired) electrons. The molecule has 2 aromatic heterocycles. The lowest BCUT2D eigenvalue weighted by Gasteiger charge is -2.16. The average Bonchev–Trinajstić information content (AvgIpc) is 3.34. The Morgan fingerprint density at radius 2 is 1.86 bits per heavy atom. The van der Waals surface area contributed by atoms with E-state index in [2.05, 4.69) is 15.8 Å². The van der Waals surface area contributed by atoms with Gasteiger partial charge < -0.3 is 20.1 Å². The molecule has 0 bridgehead atoms. The Labute approximate surface area is 167 Å². The van der Waals surface area contributed by atoms with Crippen molar-refractivity contribution in [3.8, 4) is 10.6 Å². The van der Waals surface area contributed by atoms with E-state index >= 15 is 0 Å². The van der Waals surface area contributed by atoms with Crippen LogP contribution >= 0.6 is 11.3 Å². The van der Waals surface area contributed by atoms with Crippen LogP contribution in [0.4, 0.5) is 11.4 Å². The van der Waals surface area contributed by atoms with Crippen LogP contribution in [0.2, 0.25) is 0 Å². The van der Waals surface area contributed by atoms with E-state index in [0.717, 1.165) is 27.8 Å². The number of hydrogen-bond donors (Lipinski definition) is 3. The van der Waals surface area contributed by atoms with Crippen LogP contribution in [0.15, 0.2) is 52.4 Å². The van der Waals surface area contributed by atoms with Crippen LogP contribution < -0.4 is 15.5 Å². The number of nitrogens with zero attached hydrogens (tertiary/aromatic N) is 1. The summed E-state index contributed by atoms with van der Waals surface area (Å²) >= 11 is 1.60. The van der Waals surface area contributed by atoms with Crippen molar-refractivity contribution in [3.63, 3.8) is 0 Å². The first-order chi connectivity index (χ1) is 13.5. The van der Waals surface area contributed by atoms with Crippen molar-refractivity contribution in [2.75, 3.05) is 23.7 Å². The quantitative estimate of drug-likeness (QED) is 0.543. The highest BCUT2D eigenvalue weighted by Gasteiger charge is 2.17. The Hall–Kier alpha value is -2.97. The van der Waals surface area contributed by atoms with Crippen molar-refractivity contribution >= 4 is 34.5 Å². The zero-order valence-corrected chi connectivity index (χ0v) is 16.6. The second-order valence-corrected chi connectivity index (χ2v) is 7.37. The van der Waals surface area contributed by atoms with E-state index in [1.807, 2.05) is 30.5 Å². The Kier molecular flexibility index (Phi) is 6.57. The molecule has 3 N–H and O–H groups in total. The number of hydrogen-bond acceptors (Lipinski definition) is 5. The van der Waals surface area contributed by atoms with Crippen LogP contribution in [-0.2, 0) is 16.1 Å². The number of benzene rings is 1. The van der Waals surface area contributed by atoms with E-state index in [1.165, 1.54) is 6.92 Å². The van der Waals surface area contributed by atoms with Crippen LogP contribution in [0, 0.1) is 0 Å². The number of likely N-dealkylation sites (N-methyl/N-ethyl adjacent to an activating group) is 1. The summed E-state index contributed by atoms with van der Waals surface area (Å²) < 4.78 is 5.41. The minimum absolute atomic E-state index is 0.0777. The SMILES string of the molecule is CC[NH+](CC(=O)Nc1ccc(NC(C)=O)cc1)Cc1cc(-c2cccs2)on1. The van der Waals surface area contributed by atoms with Crippen molar-refractivity contribution in [1.82, 2.24) is 5.16 Å². The molecule has 146 valence electrons. The highest BCUT2D eigenvalue weighted by atomic mass is 32.1. The highest BCUT2D eigenvalue weighted by molar-refractivity contribution is 7.13. The summed E-state index contributed by atoms with van der Waals surface area (Å²) in [6, 6.07) is 12.9. The number of thiophene rings is 1. The van der Waals surface area contributed by atoms with Crippen LogP contribution in [0.5, 0.6) is 0 Å². The van der Waals surface area contributed by atoms with Gasteiger partial charge in [0.2, 0.25) is 5.91 Å². The third kappa shape index (κ3) is 5.51. The third-order valence-electron chi connectivity index (χ3n) is 4.15. The maximum absolute atomic E-state index is 12.4. The van der Waals surface area contributed by atoms with Crippen molar-refractivity contribution in [2.45, 2.75) is 20.4 Å². The zero-order valence-electron chi connectivity index (χ0n) is 15.8. The molecular weight excluding hydrogens is 376 g/mol. The molecule has 3 rings (SSSR count). The number of nitrogens with one attached hydrogen (secondary N) is 3. The molecule has 0 aliphatic heterocycles. The minimum atomic E-state index is -0.130. The molecule has 0 saturated heterocycles. The zero-order chi connectivity index (χ0) is 19.9. The summed E-state index contributed by atoms with van der Waals surface area (Å²) in [5.74, 6) is 0.546. The molecule has 8 heteroatoms. The summed E-state index contributed by atoms with van der Waals surface area (Å²) in [5.41, 5.74) is 2.21. The molecular formula is C20H23N4O3S+. The second-order valence-electron chi connectivity index (χ2n) is 6.42. The summed E-state index contributed by atoms with van der Waals surface area (Å²) in [7, 11) is 0. The standard InChI is InChI=1S/C20H22N4O3S/c1-3-24(12-17-11-18(27-23-17)19-5-4-10-28-19)13-20(26)22-16-8-6-15(7-9-16)21-14(2)25/h4-11H,3,12-13H2,1-2H3,(H,21,25)(H,22,26)/p+1. The molecule has 1 aromatic carbocycles.